The average molecular weight is 328 g/mol. The lowest BCUT2D eigenvalue weighted by Gasteiger charge is -2.17. The second-order valence-electron chi connectivity index (χ2n) is 6.13. The van der Waals surface area contributed by atoms with Crippen molar-refractivity contribution < 1.29 is 19.4 Å². The molecule has 1 atom stereocenters. The van der Waals surface area contributed by atoms with Crippen LogP contribution in [0.2, 0.25) is 0 Å². The molecule has 1 unspecified atom stereocenters. The first-order valence-electron chi connectivity index (χ1n) is 8.03. The summed E-state index contributed by atoms with van der Waals surface area (Å²) < 4.78 is 10.8. The summed E-state index contributed by atoms with van der Waals surface area (Å²) in [6, 6.07) is 13.1. The fraction of sp³-hybridized carbons (Fsp3) is 0.350. The van der Waals surface area contributed by atoms with Crippen LogP contribution < -0.4 is 9.47 Å². The SMILES string of the molecule is COc1ccc(C(Cc2ccc(OC(C)C)cc2)C(=O)O)c(C)c1. The number of rotatable bonds is 7. The van der Waals surface area contributed by atoms with Gasteiger partial charge in [0.05, 0.1) is 19.1 Å². The number of carboxylic acid groups (broad SMARTS) is 1. The molecule has 2 aromatic carbocycles. The molecule has 24 heavy (non-hydrogen) atoms. The maximum atomic E-state index is 11.8. The van der Waals surface area contributed by atoms with E-state index < -0.39 is 11.9 Å². The van der Waals surface area contributed by atoms with Crippen LogP contribution in [0.5, 0.6) is 11.5 Å². The van der Waals surface area contributed by atoms with Crippen molar-refractivity contribution in [1.82, 2.24) is 0 Å². The molecule has 0 fully saturated rings. The Balaban J connectivity index is 2.21. The molecule has 0 aliphatic carbocycles. The molecule has 2 rings (SSSR count). The Hall–Kier alpha value is -2.49. The van der Waals surface area contributed by atoms with Gasteiger partial charge >= 0.3 is 5.97 Å². The molecule has 4 heteroatoms. The smallest absolute Gasteiger partial charge is 0.311 e. The highest BCUT2D eigenvalue weighted by atomic mass is 16.5. The van der Waals surface area contributed by atoms with E-state index in [1.54, 1.807) is 13.2 Å². The monoisotopic (exact) mass is 328 g/mol. The van der Waals surface area contributed by atoms with Crippen LogP contribution in [-0.4, -0.2) is 24.3 Å². The summed E-state index contributed by atoms with van der Waals surface area (Å²) in [5, 5.41) is 9.66. The largest absolute Gasteiger partial charge is 0.497 e. The summed E-state index contributed by atoms with van der Waals surface area (Å²) in [4.78, 5) is 11.8. The number of aryl methyl sites for hydroxylation is 1. The van der Waals surface area contributed by atoms with E-state index in [0.717, 1.165) is 28.2 Å². The third-order valence-corrected chi connectivity index (χ3v) is 3.89. The van der Waals surface area contributed by atoms with Crippen LogP contribution in [0, 0.1) is 6.92 Å². The van der Waals surface area contributed by atoms with E-state index in [9.17, 15) is 9.90 Å². The number of carboxylic acids is 1. The molecule has 0 bridgehead atoms. The van der Waals surface area contributed by atoms with Crippen molar-refractivity contribution in [2.45, 2.75) is 39.2 Å². The number of ether oxygens (including phenoxy) is 2. The Labute approximate surface area is 143 Å². The number of hydrogen-bond acceptors (Lipinski definition) is 3. The van der Waals surface area contributed by atoms with Gasteiger partial charge in [0.25, 0.3) is 0 Å². The minimum Gasteiger partial charge on any atom is -0.497 e. The molecule has 0 amide bonds. The average Bonchev–Trinajstić information content (AvgIpc) is 2.53. The molecule has 0 spiro atoms. The van der Waals surface area contributed by atoms with Crippen molar-refractivity contribution in [3.05, 3.63) is 59.2 Å². The summed E-state index contributed by atoms with van der Waals surface area (Å²) in [5.74, 6) is 0.107. The lowest BCUT2D eigenvalue weighted by atomic mass is 9.89. The van der Waals surface area contributed by atoms with Crippen LogP contribution in [0.25, 0.3) is 0 Å². The molecule has 0 saturated carbocycles. The molecule has 0 aliphatic heterocycles. The topological polar surface area (TPSA) is 55.8 Å². The van der Waals surface area contributed by atoms with Crippen LogP contribution in [0.3, 0.4) is 0 Å². The second-order valence-corrected chi connectivity index (χ2v) is 6.13. The lowest BCUT2D eigenvalue weighted by Crippen LogP contribution is -2.15. The van der Waals surface area contributed by atoms with E-state index in [4.69, 9.17) is 9.47 Å². The number of methoxy groups -OCH3 is 1. The quantitative estimate of drug-likeness (QED) is 0.827. The Morgan fingerprint density at radius 2 is 1.71 bits per heavy atom. The summed E-state index contributed by atoms with van der Waals surface area (Å²) in [6.45, 7) is 5.86. The Bertz CT molecular complexity index is 689. The third-order valence-electron chi connectivity index (χ3n) is 3.89. The number of aliphatic carboxylic acids is 1. The molecule has 0 aliphatic rings. The van der Waals surface area contributed by atoms with Crippen LogP contribution >= 0.6 is 0 Å². The maximum absolute atomic E-state index is 11.8. The van der Waals surface area contributed by atoms with Gasteiger partial charge in [-0.3, -0.25) is 4.79 Å². The van der Waals surface area contributed by atoms with Crippen LogP contribution in [-0.2, 0) is 11.2 Å². The van der Waals surface area contributed by atoms with Gasteiger partial charge < -0.3 is 14.6 Å². The Kier molecular flexibility index (Phi) is 5.85. The van der Waals surface area contributed by atoms with Gasteiger partial charge in [-0.25, -0.2) is 0 Å². The summed E-state index contributed by atoms with van der Waals surface area (Å²) in [5.41, 5.74) is 2.70. The van der Waals surface area contributed by atoms with Crippen LogP contribution in [0.4, 0.5) is 0 Å². The van der Waals surface area contributed by atoms with Crippen molar-refractivity contribution in [3.8, 4) is 11.5 Å². The van der Waals surface area contributed by atoms with Gasteiger partial charge in [0.15, 0.2) is 0 Å². The number of hydrogen-bond donors (Lipinski definition) is 1. The van der Waals surface area contributed by atoms with Crippen LogP contribution in [0.1, 0.15) is 36.5 Å². The molecule has 0 heterocycles. The highest BCUT2D eigenvalue weighted by molar-refractivity contribution is 5.77. The van der Waals surface area contributed by atoms with Gasteiger partial charge in [-0.2, -0.15) is 0 Å². The molecule has 0 aromatic heterocycles. The molecule has 0 saturated heterocycles. The summed E-state index contributed by atoms with van der Waals surface area (Å²) in [6.07, 6.45) is 0.550. The van der Waals surface area contributed by atoms with E-state index >= 15 is 0 Å². The van der Waals surface area contributed by atoms with Gasteiger partial charge in [-0.15, -0.1) is 0 Å². The second kappa shape index (κ2) is 7.86. The highest BCUT2D eigenvalue weighted by Crippen LogP contribution is 2.28. The molecule has 0 radical (unpaired) electrons. The normalized spacial score (nSPS) is 12.0. The molecular formula is C20H24O4. The lowest BCUT2D eigenvalue weighted by molar-refractivity contribution is -0.138. The molecule has 1 N–H and O–H groups in total. The predicted molar refractivity (Wildman–Crippen MR) is 94.0 cm³/mol. The van der Waals surface area contributed by atoms with Crippen molar-refractivity contribution in [2.75, 3.05) is 7.11 Å². The minimum absolute atomic E-state index is 0.115. The first-order chi connectivity index (χ1) is 11.4. The van der Waals surface area contributed by atoms with Crippen molar-refractivity contribution in [3.63, 3.8) is 0 Å². The zero-order chi connectivity index (χ0) is 17.7. The predicted octanol–water partition coefficient (Wildman–Crippen LogP) is 4.20. The van der Waals surface area contributed by atoms with Gasteiger partial charge in [0.1, 0.15) is 11.5 Å². The molecule has 128 valence electrons. The Morgan fingerprint density at radius 1 is 1.08 bits per heavy atom. The van der Waals surface area contributed by atoms with Crippen molar-refractivity contribution in [1.29, 1.82) is 0 Å². The third kappa shape index (κ3) is 4.51. The van der Waals surface area contributed by atoms with Gasteiger partial charge in [-0.05, 0) is 68.1 Å². The molecule has 2 aromatic rings. The number of benzene rings is 2. The first-order valence-corrected chi connectivity index (χ1v) is 8.03. The van der Waals surface area contributed by atoms with E-state index in [-0.39, 0.29) is 6.10 Å². The summed E-state index contributed by atoms with van der Waals surface area (Å²) >= 11 is 0. The van der Waals surface area contributed by atoms with E-state index in [1.165, 1.54) is 0 Å². The molecular weight excluding hydrogens is 304 g/mol. The van der Waals surface area contributed by atoms with Crippen LogP contribution in [0.15, 0.2) is 42.5 Å². The van der Waals surface area contributed by atoms with E-state index in [0.29, 0.717) is 6.42 Å². The first kappa shape index (κ1) is 17.9. The summed E-state index contributed by atoms with van der Waals surface area (Å²) in [7, 11) is 1.60. The van der Waals surface area contributed by atoms with E-state index in [1.807, 2.05) is 57.2 Å². The van der Waals surface area contributed by atoms with Gasteiger partial charge in [0.2, 0.25) is 0 Å². The standard InChI is InChI=1S/C20H24O4/c1-13(2)24-16-7-5-15(6-8-16)12-19(20(21)22)18-10-9-17(23-4)11-14(18)3/h5-11,13,19H,12H2,1-4H3,(H,21,22). The fourth-order valence-corrected chi connectivity index (χ4v) is 2.71. The fourth-order valence-electron chi connectivity index (χ4n) is 2.71. The highest BCUT2D eigenvalue weighted by Gasteiger charge is 2.22. The van der Waals surface area contributed by atoms with Crippen molar-refractivity contribution in [2.24, 2.45) is 0 Å². The van der Waals surface area contributed by atoms with Crippen molar-refractivity contribution >= 4 is 5.97 Å². The zero-order valence-corrected chi connectivity index (χ0v) is 14.6. The van der Waals surface area contributed by atoms with E-state index in [2.05, 4.69) is 0 Å². The van der Waals surface area contributed by atoms with Gasteiger partial charge in [-0.1, -0.05) is 18.2 Å². The molecule has 4 nitrogen and oxygen atoms in total. The Morgan fingerprint density at radius 3 is 2.21 bits per heavy atom. The van der Waals surface area contributed by atoms with Gasteiger partial charge in [0, 0.05) is 0 Å². The zero-order valence-electron chi connectivity index (χ0n) is 14.6. The minimum atomic E-state index is -0.828. The number of carbonyl (C=O) groups is 1. The maximum Gasteiger partial charge on any atom is 0.311 e.